The summed E-state index contributed by atoms with van der Waals surface area (Å²) in [5, 5.41) is 4.52. The number of piperazine rings is 1. The summed E-state index contributed by atoms with van der Waals surface area (Å²) in [6.07, 6.45) is 4.30. The number of amides is 1. The summed E-state index contributed by atoms with van der Waals surface area (Å²) in [6, 6.07) is 21.6. The third kappa shape index (κ3) is 7.07. The van der Waals surface area contributed by atoms with Crippen LogP contribution in [-0.4, -0.2) is 47.0 Å². The standard InChI is InChI=1S/C30H31ClN6OS/c1-2-25-19-28(37-17-15-36(16-18-37)27-6-4-3-5-26(27)31)35-30(34-25)39-21-23-7-9-24(10-8-23)29(38)33-20-22-11-13-32-14-12-22/h3-14,19H,2,15-18,20-21H2,1H3,(H,33,38). The minimum Gasteiger partial charge on any atom is -0.367 e. The largest absolute Gasteiger partial charge is 0.367 e. The maximum atomic E-state index is 12.5. The van der Waals surface area contributed by atoms with Gasteiger partial charge in [-0.05, 0) is 53.9 Å². The van der Waals surface area contributed by atoms with Crippen LogP contribution in [0.3, 0.4) is 0 Å². The number of aromatic nitrogens is 3. The second-order valence-electron chi connectivity index (χ2n) is 9.30. The molecule has 0 unspecified atom stereocenters. The van der Waals surface area contributed by atoms with E-state index in [1.54, 1.807) is 24.2 Å². The van der Waals surface area contributed by atoms with Crippen molar-refractivity contribution < 1.29 is 4.79 Å². The molecule has 0 aliphatic carbocycles. The molecule has 0 saturated carbocycles. The monoisotopic (exact) mass is 558 g/mol. The van der Waals surface area contributed by atoms with E-state index < -0.39 is 0 Å². The fourth-order valence-corrected chi connectivity index (χ4v) is 5.52. The number of anilines is 2. The van der Waals surface area contributed by atoms with Crippen molar-refractivity contribution in [3.8, 4) is 0 Å². The Morgan fingerprint density at radius 3 is 2.36 bits per heavy atom. The van der Waals surface area contributed by atoms with Crippen LogP contribution >= 0.6 is 23.4 Å². The van der Waals surface area contributed by atoms with Gasteiger partial charge in [-0.3, -0.25) is 9.78 Å². The number of benzene rings is 2. The zero-order chi connectivity index (χ0) is 27.0. The highest BCUT2D eigenvalue weighted by Crippen LogP contribution is 2.28. The lowest BCUT2D eigenvalue weighted by Gasteiger charge is -2.37. The highest BCUT2D eigenvalue weighted by Gasteiger charge is 2.21. The van der Waals surface area contributed by atoms with Crippen LogP contribution in [0.25, 0.3) is 0 Å². The van der Waals surface area contributed by atoms with Gasteiger partial charge in [-0.2, -0.15) is 0 Å². The number of thioether (sulfide) groups is 1. The van der Waals surface area contributed by atoms with Gasteiger partial charge in [0.25, 0.3) is 5.91 Å². The van der Waals surface area contributed by atoms with Crippen LogP contribution in [0.5, 0.6) is 0 Å². The number of hydrogen-bond acceptors (Lipinski definition) is 7. The van der Waals surface area contributed by atoms with Crippen LogP contribution in [0.4, 0.5) is 11.5 Å². The van der Waals surface area contributed by atoms with Crippen molar-refractivity contribution >= 4 is 40.8 Å². The molecule has 1 aliphatic rings. The molecule has 3 heterocycles. The average Bonchev–Trinajstić information content (AvgIpc) is 3.00. The Labute approximate surface area is 238 Å². The number of aryl methyl sites for hydroxylation is 1. The van der Waals surface area contributed by atoms with Crippen LogP contribution in [-0.2, 0) is 18.7 Å². The molecule has 2 aromatic heterocycles. The highest BCUT2D eigenvalue weighted by molar-refractivity contribution is 7.98. The Morgan fingerprint density at radius 1 is 0.923 bits per heavy atom. The van der Waals surface area contributed by atoms with Crippen LogP contribution in [0.2, 0.25) is 5.02 Å². The minimum absolute atomic E-state index is 0.0933. The van der Waals surface area contributed by atoms with Crippen molar-refractivity contribution in [2.24, 2.45) is 0 Å². The molecule has 2 aromatic carbocycles. The molecular formula is C30H31ClN6OS. The molecular weight excluding hydrogens is 528 g/mol. The maximum Gasteiger partial charge on any atom is 0.251 e. The number of carbonyl (C=O) groups is 1. The molecule has 0 bridgehead atoms. The first-order valence-corrected chi connectivity index (χ1v) is 14.5. The Kier molecular flexibility index (Phi) is 8.96. The number of nitrogens with zero attached hydrogens (tertiary/aromatic N) is 5. The smallest absolute Gasteiger partial charge is 0.251 e. The van der Waals surface area contributed by atoms with E-state index in [1.165, 1.54) is 0 Å². The van der Waals surface area contributed by atoms with Gasteiger partial charge in [0, 0.05) is 68.2 Å². The summed E-state index contributed by atoms with van der Waals surface area (Å²) in [6.45, 7) is 6.12. The predicted octanol–water partition coefficient (Wildman–Crippen LogP) is 5.64. The quantitative estimate of drug-likeness (QED) is 0.210. The van der Waals surface area contributed by atoms with E-state index in [2.05, 4.69) is 39.2 Å². The van der Waals surface area contributed by atoms with E-state index in [0.717, 1.165) is 76.9 Å². The molecule has 1 fully saturated rings. The van der Waals surface area contributed by atoms with Crippen molar-refractivity contribution in [1.29, 1.82) is 0 Å². The zero-order valence-electron chi connectivity index (χ0n) is 21.9. The first-order valence-electron chi connectivity index (χ1n) is 13.1. The van der Waals surface area contributed by atoms with Crippen molar-refractivity contribution in [2.75, 3.05) is 36.0 Å². The second kappa shape index (κ2) is 13.0. The molecule has 1 amide bonds. The lowest BCUT2D eigenvalue weighted by Crippen LogP contribution is -2.47. The molecule has 0 radical (unpaired) electrons. The van der Waals surface area contributed by atoms with Crippen LogP contribution in [0, 0.1) is 0 Å². The third-order valence-electron chi connectivity index (χ3n) is 6.69. The van der Waals surface area contributed by atoms with E-state index >= 15 is 0 Å². The number of carbonyl (C=O) groups excluding carboxylic acids is 1. The van der Waals surface area contributed by atoms with Crippen molar-refractivity contribution in [1.82, 2.24) is 20.3 Å². The number of halogens is 1. The molecule has 1 N–H and O–H groups in total. The Bertz CT molecular complexity index is 1390. The summed E-state index contributed by atoms with van der Waals surface area (Å²) in [7, 11) is 0. The van der Waals surface area contributed by atoms with Crippen LogP contribution in [0.1, 0.15) is 34.1 Å². The van der Waals surface area contributed by atoms with E-state index in [9.17, 15) is 4.79 Å². The molecule has 0 spiro atoms. The van der Waals surface area contributed by atoms with Gasteiger partial charge >= 0.3 is 0 Å². The number of para-hydroxylation sites is 1. The van der Waals surface area contributed by atoms with Crippen LogP contribution in [0.15, 0.2) is 84.3 Å². The van der Waals surface area contributed by atoms with Gasteiger partial charge in [-0.1, -0.05) is 54.6 Å². The number of hydrogen-bond donors (Lipinski definition) is 1. The summed E-state index contributed by atoms with van der Waals surface area (Å²) in [4.78, 5) is 30.8. The average molecular weight is 559 g/mol. The normalized spacial score (nSPS) is 13.4. The van der Waals surface area contributed by atoms with Crippen molar-refractivity contribution in [3.63, 3.8) is 0 Å². The van der Waals surface area contributed by atoms with Gasteiger partial charge in [-0.25, -0.2) is 9.97 Å². The minimum atomic E-state index is -0.0933. The summed E-state index contributed by atoms with van der Waals surface area (Å²) in [5.41, 5.74) is 4.90. The van der Waals surface area contributed by atoms with Gasteiger partial charge in [-0.15, -0.1) is 0 Å². The Hall–Kier alpha value is -3.62. The number of rotatable bonds is 9. The van der Waals surface area contributed by atoms with E-state index in [0.29, 0.717) is 12.1 Å². The first-order chi connectivity index (χ1) is 19.1. The first kappa shape index (κ1) is 27.0. The molecule has 9 heteroatoms. The molecule has 0 atom stereocenters. The van der Waals surface area contributed by atoms with Gasteiger partial charge in [0.2, 0.25) is 0 Å². The van der Waals surface area contributed by atoms with E-state index in [-0.39, 0.29) is 5.91 Å². The molecule has 1 aliphatic heterocycles. The number of nitrogens with one attached hydrogen (secondary N) is 1. The van der Waals surface area contributed by atoms with E-state index in [4.69, 9.17) is 21.6 Å². The van der Waals surface area contributed by atoms with Gasteiger partial charge in [0.05, 0.1) is 10.7 Å². The maximum absolute atomic E-state index is 12.5. The predicted molar refractivity (Wildman–Crippen MR) is 159 cm³/mol. The number of pyridine rings is 1. The Balaban J connectivity index is 1.17. The van der Waals surface area contributed by atoms with Crippen molar-refractivity contribution in [2.45, 2.75) is 30.8 Å². The highest BCUT2D eigenvalue weighted by atomic mass is 35.5. The molecule has 200 valence electrons. The molecule has 4 aromatic rings. The Morgan fingerprint density at radius 2 is 1.64 bits per heavy atom. The van der Waals surface area contributed by atoms with Gasteiger partial charge in [0.15, 0.2) is 5.16 Å². The van der Waals surface area contributed by atoms with Gasteiger partial charge < -0.3 is 15.1 Å². The SMILES string of the molecule is CCc1cc(N2CCN(c3ccccc3Cl)CC2)nc(SCc2ccc(C(=O)NCc3ccncc3)cc2)n1. The molecule has 7 nitrogen and oxygen atoms in total. The van der Waals surface area contributed by atoms with E-state index in [1.807, 2.05) is 54.6 Å². The summed E-state index contributed by atoms with van der Waals surface area (Å²) in [5.74, 6) is 1.61. The lowest BCUT2D eigenvalue weighted by atomic mass is 10.1. The summed E-state index contributed by atoms with van der Waals surface area (Å²) >= 11 is 8.04. The van der Waals surface area contributed by atoms with Crippen LogP contribution < -0.4 is 15.1 Å². The van der Waals surface area contributed by atoms with Gasteiger partial charge in [0.1, 0.15) is 5.82 Å². The molecule has 39 heavy (non-hydrogen) atoms. The fourth-order valence-electron chi connectivity index (χ4n) is 4.44. The lowest BCUT2D eigenvalue weighted by molar-refractivity contribution is 0.0951. The second-order valence-corrected chi connectivity index (χ2v) is 10.7. The fraction of sp³-hybridized carbons (Fsp3) is 0.267. The van der Waals surface area contributed by atoms with Crippen molar-refractivity contribution in [3.05, 3.63) is 107 Å². The summed E-state index contributed by atoms with van der Waals surface area (Å²) < 4.78 is 0. The zero-order valence-corrected chi connectivity index (χ0v) is 23.5. The molecule has 1 saturated heterocycles. The third-order valence-corrected chi connectivity index (χ3v) is 7.93. The molecule has 5 rings (SSSR count). The topological polar surface area (TPSA) is 74.2 Å².